The molecule has 1 aromatic rings. The second-order valence-corrected chi connectivity index (χ2v) is 4.41. The molecule has 0 aliphatic carbocycles. The largest absolute Gasteiger partial charge is 0.286 e. The quantitative estimate of drug-likeness (QED) is 0.660. The summed E-state index contributed by atoms with van der Waals surface area (Å²) in [7, 11) is -3.45. The van der Waals surface area contributed by atoms with Crippen LogP contribution in [0.5, 0.6) is 0 Å². The minimum atomic E-state index is -3.45. The highest BCUT2D eigenvalue weighted by Crippen LogP contribution is 2.17. The molecule has 0 bridgehead atoms. The van der Waals surface area contributed by atoms with Crippen LogP contribution in [0.2, 0.25) is 0 Å². The molecule has 0 fully saturated rings. The molecule has 13 heavy (non-hydrogen) atoms. The van der Waals surface area contributed by atoms with Gasteiger partial charge in [-0.2, -0.15) is 0 Å². The van der Waals surface area contributed by atoms with E-state index in [9.17, 15) is 8.42 Å². The minimum Gasteiger partial charge on any atom is -0.286 e. The van der Waals surface area contributed by atoms with Crippen molar-refractivity contribution in [1.29, 1.82) is 0 Å². The smallest absolute Gasteiger partial charge is 0.262 e. The number of fused-ring (bicyclic) bond motifs is 1. The lowest BCUT2D eigenvalue weighted by Gasteiger charge is -2.03. The second-order valence-electron chi connectivity index (χ2n) is 2.79. The summed E-state index contributed by atoms with van der Waals surface area (Å²) in [5, 5.41) is 0. The Labute approximate surface area is 76.5 Å². The molecule has 1 aromatic carbocycles. The summed E-state index contributed by atoms with van der Waals surface area (Å²) in [6, 6.07) is 6.89. The van der Waals surface area contributed by atoms with E-state index in [1.165, 1.54) is 0 Å². The van der Waals surface area contributed by atoms with Gasteiger partial charge in [-0.25, -0.2) is 8.42 Å². The Morgan fingerprint density at radius 1 is 1.31 bits per heavy atom. The van der Waals surface area contributed by atoms with Crippen LogP contribution in [0.15, 0.2) is 29.2 Å². The standard InChI is InChI=1S/C8H9NO3S/c10-13(11)8-4-2-1-3-7(8)5-6-12-9-13/h1-4,9H,5-6H2. The van der Waals surface area contributed by atoms with Gasteiger partial charge < -0.3 is 0 Å². The van der Waals surface area contributed by atoms with Gasteiger partial charge in [-0.1, -0.05) is 23.1 Å². The first-order chi connectivity index (χ1) is 6.20. The lowest BCUT2D eigenvalue weighted by atomic mass is 10.2. The van der Waals surface area contributed by atoms with Crippen LogP contribution in [-0.4, -0.2) is 15.0 Å². The Bertz CT molecular complexity index is 413. The van der Waals surface area contributed by atoms with Gasteiger partial charge >= 0.3 is 0 Å². The van der Waals surface area contributed by atoms with Gasteiger partial charge in [-0.15, -0.1) is 0 Å². The first-order valence-electron chi connectivity index (χ1n) is 3.92. The van der Waals surface area contributed by atoms with Crippen LogP contribution in [-0.2, 0) is 21.3 Å². The predicted molar refractivity (Wildman–Crippen MR) is 46.4 cm³/mol. The van der Waals surface area contributed by atoms with Crippen LogP contribution < -0.4 is 4.89 Å². The molecule has 0 saturated carbocycles. The Morgan fingerprint density at radius 2 is 2.08 bits per heavy atom. The molecule has 0 radical (unpaired) electrons. The van der Waals surface area contributed by atoms with E-state index < -0.39 is 10.0 Å². The number of rotatable bonds is 0. The van der Waals surface area contributed by atoms with E-state index in [2.05, 4.69) is 0 Å². The van der Waals surface area contributed by atoms with Gasteiger partial charge in [-0.05, 0) is 18.1 Å². The maximum atomic E-state index is 11.5. The first kappa shape index (κ1) is 8.68. The molecular weight excluding hydrogens is 190 g/mol. The molecule has 70 valence electrons. The van der Waals surface area contributed by atoms with Crippen molar-refractivity contribution in [3.05, 3.63) is 29.8 Å². The van der Waals surface area contributed by atoms with Crippen LogP contribution >= 0.6 is 0 Å². The van der Waals surface area contributed by atoms with Crippen molar-refractivity contribution in [2.24, 2.45) is 0 Å². The van der Waals surface area contributed by atoms with E-state index >= 15 is 0 Å². The zero-order chi connectivity index (χ0) is 9.31. The fourth-order valence-corrected chi connectivity index (χ4v) is 2.40. The molecule has 0 spiro atoms. The monoisotopic (exact) mass is 199 g/mol. The topological polar surface area (TPSA) is 55.4 Å². The molecule has 0 unspecified atom stereocenters. The molecule has 2 rings (SSSR count). The average Bonchev–Trinajstić information content (AvgIpc) is 2.26. The zero-order valence-corrected chi connectivity index (χ0v) is 7.67. The van der Waals surface area contributed by atoms with Crippen molar-refractivity contribution in [1.82, 2.24) is 4.89 Å². The molecule has 1 heterocycles. The molecule has 1 aliphatic rings. The highest BCUT2D eigenvalue weighted by atomic mass is 32.2. The van der Waals surface area contributed by atoms with Gasteiger partial charge in [0.25, 0.3) is 10.0 Å². The first-order valence-corrected chi connectivity index (χ1v) is 5.40. The van der Waals surface area contributed by atoms with Gasteiger partial charge in [0.2, 0.25) is 0 Å². The SMILES string of the molecule is O=S1(=O)NOCCc2ccccc21. The Kier molecular flexibility index (Phi) is 2.07. The minimum absolute atomic E-state index is 0.313. The number of hydrogen-bond acceptors (Lipinski definition) is 3. The molecule has 0 amide bonds. The summed E-state index contributed by atoms with van der Waals surface area (Å²) in [6.45, 7) is 0.371. The van der Waals surface area contributed by atoms with Crippen molar-refractivity contribution in [3.8, 4) is 0 Å². The third-order valence-corrected chi connectivity index (χ3v) is 3.22. The van der Waals surface area contributed by atoms with Gasteiger partial charge in [-0.3, -0.25) is 4.84 Å². The van der Waals surface area contributed by atoms with Crippen molar-refractivity contribution in [3.63, 3.8) is 0 Å². The Balaban J connectivity index is 2.62. The van der Waals surface area contributed by atoms with Gasteiger partial charge in [0.1, 0.15) is 0 Å². The second kappa shape index (κ2) is 3.10. The molecule has 5 heteroatoms. The molecule has 4 nitrogen and oxygen atoms in total. The summed E-state index contributed by atoms with van der Waals surface area (Å²) < 4.78 is 22.9. The fraction of sp³-hybridized carbons (Fsp3) is 0.250. The number of benzene rings is 1. The molecule has 0 atom stereocenters. The molecule has 1 N–H and O–H groups in total. The zero-order valence-electron chi connectivity index (χ0n) is 6.86. The maximum Gasteiger partial charge on any atom is 0.262 e. The van der Waals surface area contributed by atoms with Gasteiger partial charge in [0.05, 0.1) is 11.5 Å². The van der Waals surface area contributed by atoms with Crippen LogP contribution in [0.1, 0.15) is 5.56 Å². The Morgan fingerprint density at radius 3 is 2.92 bits per heavy atom. The molecule has 1 aliphatic heterocycles. The summed E-state index contributed by atoms with van der Waals surface area (Å²) in [4.78, 5) is 7.12. The summed E-state index contributed by atoms with van der Waals surface area (Å²) in [5.41, 5.74) is 0.799. The predicted octanol–water partition coefficient (Wildman–Crippen LogP) is 0.453. The summed E-state index contributed by atoms with van der Waals surface area (Å²) in [5.74, 6) is 0. The van der Waals surface area contributed by atoms with E-state index in [-0.39, 0.29) is 0 Å². The van der Waals surface area contributed by atoms with Gasteiger partial charge in [0.15, 0.2) is 0 Å². The molecule has 0 saturated heterocycles. The van der Waals surface area contributed by atoms with Gasteiger partial charge in [0, 0.05) is 0 Å². The van der Waals surface area contributed by atoms with E-state index in [1.807, 2.05) is 11.0 Å². The number of hydrogen-bond donors (Lipinski definition) is 1. The number of sulfonamides is 1. The van der Waals surface area contributed by atoms with Crippen LogP contribution in [0.4, 0.5) is 0 Å². The number of nitrogens with one attached hydrogen (secondary N) is 1. The van der Waals surface area contributed by atoms with Crippen LogP contribution in [0.25, 0.3) is 0 Å². The van der Waals surface area contributed by atoms with E-state index in [0.717, 1.165) is 5.56 Å². The van der Waals surface area contributed by atoms with E-state index in [4.69, 9.17) is 4.84 Å². The third-order valence-electron chi connectivity index (χ3n) is 1.90. The normalized spacial score (nSPS) is 20.3. The maximum absolute atomic E-state index is 11.5. The third kappa shape index (κ3) is 1.58. The lowest BCUT2D eigenvalue weighted by Crippen LogP contribution is -2.22. The van der Waals surface area contributed by atoms with Crippen molar-refractivity contribution >= 4 is 10.0 Å². The fourth-order valence-electron chi connectivity index (χ4n) is 1.30. The van der Waals surface area contributed by atoms with Crippen molar-refractivity contribution in [2.45, 2.75) is 11.3 Å². The molecule has 0 aromatic heterocycles. The van der Waals surface area contributed by atoms with Crippen LogP contribution in [0, 0.1) is 0 Å². The summed E-state index contributed by atoms with van der Waals surface area (Å²) in [6.07, 6.45) is 0.613. The lowest BCUT2D eigenvalue weighted by molar-refractivity contribution is 0.0989. The highest BCUT2D eigenvalue weighted by Gasteiger charge is 2.20. The summed E-state index contributed by atoms with van der Waals surface area (Å²) >= 11 is 0. The highest BCUT2D eigenvalue weighted by molar-refractivity contribution is 7.89. The van der Waals surface area contributed by atoms with Crippen molar-refractivity contribution in [2.75, 3.05) is 6.61 Å². The van der Waals surface area contributed by atoms with Crippen LogP contribution in [0.3, 0.4) is 0 Å². The van der Waals surface area contributed by atoms with Crippen molar-refractivity contribution < 1.29 is 13.3 Å². The van der Waals surface area contributed by atoms with E-state index in [1.54, 1.807) is 18.2 Å². The molecular formula is C8H9NO3S. The Hall–Kier alpha value is -0.910. The average molecular weight is 199 g/mol. The van der Waals surface area contributed by atoms with E-state index in [0.29, 0.717) is 17.9 Å².